The first-order chi connectivity index (χ1) is 12.5. The fraction of sp³-hybridized carbons (Fsp3) is 0.524. The van der Waals surface area contributed by atoms with Crippen LogP contribution in [0.2, 0.25) is 0 Å². The van der Waals surface area contributed by atoms with Gasteiger partial charge in [0.15, 0.2) is 0 Å². The number of nitrogens with zero attached hydrogens (tertiary/aromatic N) is 4. The molecule has 1 aromatic carbocycles. The van der Waals surface area contributed by atoms with E-state index in [-0.39, 0.29) is 0 Å². The lowest BCUT2D eigenvalue weighted by molar-refractivity contribution is -0.100. The molecule has 4 rings (SSSR count). The van der Waals surface area contributed by atoms with Crippen LogP contribution >= 0.6 is 0 Å². The summed E-state index contributed by atoms with van der Waals surface area (Å²) in [4.78, 5) is 13.3. The van der Waals surface area contributed by atoms with E-state index in [2.05, 4.69) is 45.2 Å². The molecular weight excluding hydrogens is 324 g/mol. The van der Waals surface area contributed by atoms with Crippen molar-refractivity contribution in [2.24, 2.45) is 0 Å². The van der Waals surface area contributed by atoms with Crippen LogP contribution in [0, 0.1) is 0 Å². The maximum absolute atomic E-state index is 11.4. The number of rotatable bonds is 4. The number of aliphatic hydroxyl groups is 1. The zero-order chi connectivity index (χ0) is 18.1. The van der Waals surface area contributed by atoms with Gasteiger partial charge in [0, 0.05) is 50.7 Å². The highest BCUT2D eigenvalue weighted by Gasteiger charge is 2.46. The molecule has 0 spiro atoms. The third-order valence-corrected chi connectivity index (χ3v) is 5.94. The molecule has 3 heterocycles. The molecule has 2 aromatic rings. The van der Waals surface area contributed by atoms with E-state index >= 15 is 0 Å². The Labute approximate surface area is 155 Å². The van der Waals surface area contributed by atoms with Crippen molar-refractivity contribution in [3.63, 3.8) is 0 Å². The predicted molar refractivity (Wildman–Crippen MR) is 103 cm³/mol. The number of piperidine rings is 2. The van der Waals surface area contributed by atoms with Gasteiger partial charge in [0.05, 0.1) is 5.60 Å². The Morgan fingerprint density at radius 3 is 2.27 bits per heavy atom. The second-order valence-corrected chi connectivity index (χ2v) is 8.00. The summed E-state index contributed by atoms with van der Waals surface area (Å²) < 4.78 is 0. The first-order valence-electron chi connectivity index (χ1n) is 9.57. The summed E-state index contributed by atoms with van der Waals surface area (Å²) in [6, 6.07) is 11.5. The van der Waals surface area contributed by atoms with Crippen molar-refractivity contribution in [3.05, 3.63) is 53.9 Å². The van der Waals surface area contributed by atoms with Gasteiger partial charge in [-0.15, -0.1) is 0 Å². The minimum absolute atomic E-state index is 0.418. The Bertz CT molecular complexity index is 717. The molecule has 1 aromatic heterocycles. The largest absolute Gasteiger partial charge is 0.385 e. The SMILES string of the molecule is CN(C)c1ncc(C2(O)CC3CCCC(C2)N3Cc2ccccc2)cn1. The van der Waals surface area contributed by atoms with Gasteiger partial charge in [-0.1, -0.05) is 36.8 Å². The lowest BCUT2D eigenvalue weighted by Gasteiger charge is -2.52. The summed E-state index contributed by atoms with van der Waals surface area (Å²) in [7, 11) is 3.85. The molecule has 0 aliphatic carbocycles. The van der Waals surface area contributed by atoms with E-state index in [0.717, 1.165) is 37.8 Å². The molecule has 2 atom stereocenters. The van der Waals surface area contributed by atoms with Crippen LogP contribution < -0.4 is 4.90 Å². The Hall–Kier alpha value is -1.98. The first-order valence-corrected chi connectivity index (χ1v) is 9.57. The second-order valence-electron chi connectivity index (χ2n) is 8.00. The van der Waals surface area contributed by atoms with Gasteiger partial charge >= 0.3 is 0 Å². The maximum Gasteiger partial charge on any atom is 0.224 e. The zero-order valence-corrected chi connectivity index (χ0v) is 15.7. The predicted octanol–water partition coefficient (Wildman–Crippen LogP) is 2.95. The van der Waals surface area contributed by atoms with E-state index in [0.29, 0.717) is 18.0 Å². The topological polar surface area (TPSA) is 52.5 Å². The van der Waals surface area contributed by atoms with Crippen LogP contribution in [-0.4, -0.2) is 46.2 Å². The van der Waals surface area contributed by atoms with E-state index < -0.39 is 5.60 Å². The monoisotopic (exact) mass is 352 g/mol. The molecule has 2 aliphatic rings. The molecule has 0 amide bonds. The highest BCUT2D eigenvalue weighted by atomic mass is 16.3. The van der Waals surface area contributed by atoms with Crippen molar-refractivity contribution in [2.45, 2.75) is 56.3 Å². The summed E-state index contributed by atoms with van der Waals surface area (Å²) in [5, 5.41) is 11.4. The Balaban J connectivity index is 1.55. The summed E-state index contributed by atoms with van der Waals surface area (Å²) in [5.41, 5.74) is 1.40. The van der Waals surface area contributed by atoms with Crippen molar-refractivity contribution in [3.8, 4) is 0 Å². The van der Waals surface area contributed by atoms with Gasteiger partial charge in [-0.2, -0.15) is 0 Å². The van der Waals surface area contributed by atoms with E-state index in [1.807, 2.05) is 31.4 Å². The van der Waals surface area contributed by atoms with Crippen LogP contribution in [-0.2, 0) is 12.1 Å². The first kappa shape index (κ1) is 17.4. The molecule has 2 unspecified atom stereocenters. The number of hydrogen-bond acceptors (Lipinski definition) is 5. The van der Waals surface area contributed by atoms with Crippen LogP contribution in [0.4, 0.5) is 5.95 Å². The molecule has 0 radical (unpaired) electrons. The normalized spacial score (nSPS) is 28.7. The highest BCUT2D eigenvalue weighted by molar-refractivity contribution is 5.29. The summed E-state index contributed by atoms with van der Waals surface area (Å²) in [5.74, 6) is 0.680. The van der Waals surface area contributed by atoms with Crippen molar-refractivity contribution < 1.29 is 5.11 Å². The van der Waals surface area contributed by atoms with Crippen LogP contribution in [0.1, 0.15) is 43.2 Å². The number of anilines is 1. The van der Waals surface area contributed by atoms with E-state index in [4.69, 9.17) is 0 Å². The van der Waals surface area contributed by atoms with Crippen LogP contribution in [0.15, 0.2) is 42.7 Å². The van der Waals surface area contributed by atoms with Gasteiger partial charge in [0.1, 0.15) is 0 Å². The quantitative estimate of drug-likeness (QED) is 0.917. The molecular formula is C21H28N4O. The molecule has 138 valence electrons. The molecule has 5 heteroatoms. The van der Waals surface area contributed by atoms with Gasteiger partial charge in [-0.3, -0.25) is 4.90 Å². The molecule has 2 saturated heterocycles. The minimum atomic E-state index is -0.812. The Morgan fingerprint density at radius 2 is 1.69 bits per heavy atom. The van der Waals surface area contributed by atoms with Crippen molar-refractivity contribution in [1.29, 1.82) is 0 Å². The summed E-state index contributed by atoms with van der Waals surface area (Å²) in [6.45, 7) is 0.975. The Kier molecular flexibility index (Phi) is 4.67. The van der Waals surface area contributed by atoms with E-state index in [9.17, 15) is 5.11 Å². The average molecular weight is 352 g/mol. The number of aromatic nitrogens is 2. The van der Waals surface area contributed by atoms with E-state index in [1.54, 1.807) is 0 Å². The van der Waals surface area contributed by atoms with Crippen LogP contribution in [0.5, 0.6) is 0 Å². The molecule has 5 nitrogen and oxygen atoms in total. The van der Waals surface area contributed by atoms with Crippen molar-refractivity contribution in [1.82, 2.24) is 14.9 Å². The molecule has 0 saturated carbocycles. The fourth-order valence-corrected chi connectivity index (χ4v) is 4.60. The Morgan fingerprint density at radius 1 is 1.08 bits per heavy atom. The average Bonchev–Trinajstić information content (AvgIpc) is 2.64. The number of hydrogen-bond donors (Lipinski definition) is 1. The van der Waals surface area contributed by atoms with Gasteiger partial charge in [-0.25, -0.2) is 9.97 Å². The molecule has 26 heavy (non-hydrogen) atoms. The second kappa shape index (κ2) is 6.97. The standard InChI is InChI=1S/C21H28N4O/c1-24(2)20-22-13-17(14-23-20)21(26)11-18-9-6-10-19(12-21)25(18)15-16-7-4-3-5-8-16/h3-5,7-8,13-14,18-19,26H,6,9-12,15H2,1-2H3. The molecule has 2 bridgehead atoms. The van der Waals surface area contributed by atoms with Crippen LogP contribution in [0.3, 0.4) is 0 Å². The highest BCUT2D eigenvalue weighted by Crippen LogP contribution is 2.44. The van der Waals surface area contributed by atoms with Gasteiger partial charge in [0.2, 0.25) is 5.95 Å². The number of benzene rings is 1. The number of fused-ring (bicyclic) bond motifs is 2. The molecule has 1 N–H and O–H groups in total. The van der Waals surface area contributed by atoms with Crippen LogP contribution in [0.25, 0.3) is 0 Å². The summed E-state index contributed by atoms with van der Waals surface area (Å²) >= 11 is 0. The smallest absolute Gasteiger partial charge is 0.224 e. The van der Waals surface area contributed by atoms with Gasteiger partial charge < -0.3 is 10.0 Å². The lowest BCUT2D eigenvalue weighted by atomic mass is 9.73. The van der Waals surface area contributed by atoms with E-state index in [1.165, 1.54) is 12.0 Å². The third kappa shape index (κ3) is 3.33. The molecule has 2 fully saturated rings. The zero-order valence-electron chi connectivity index (χ0n) is 15.7. The summed E-state index contributed by atoms with van der Waals surface area (Å²) in [6.07, 6.45) is 8.72. The van der Waals surface area contributed by atoms with Gasteiger partial charge in [-0.05, 0) is 31.2 Å². The van der Waals surface area contributed by atoms with Gasteiger partial charge in [0.25, 0.3) is 0 Å². The molecule has 2 aliphatic heterocycles. The third-order valence-electron chi connectivity index (χ3n) is 5.94. The lowest BCUT2D eigenvalue weighted by Crippen LogP contribution is -2.56. The van der Waals surface area contributed by atoms with Crippen molar-refractivity contribution >= 4 is 5.95 Å². The fourth-order valence-electron chi connectivity index (χ4n) is 4.60. The maximum atomic E-state index is 11.4. The van der Waals surface area contributed by atoms with Crippen molar-refractivity contribution in [2.75, 3.05) is 19.0 Å². The minimum Gasteiger partial charge on any atom is -0.385 e.